The fraction of sp³-hybridized carbons (Fsp3) is 0.500. The van der Waals surface area contributed by atoms with Crippen molar-refractivity contribution in [2.75, 3.05) is 0 Å². The summed E-state index contributed by atoms with van der Waals surface area (Å²) in [4.78, 5) is 44.6. The Bertz CT molecular complexity index is 214. The van der Waals surface area contributed by atoms with Crippen LogP contribution in [-0.2, 0) is 14.2 Å². The molecule has 0 atom stereocenters. The van der Waals surface area contributed by atoms with Crippen LogP contribution in [0.5, 0.6) is 0 Å². The Morgan fingerprint density at radius 2 is 0.714 bits per heavy atom. The van der Waals surface area contributed by atoms with Gasteiger partial charge in [0.05, 0.1) is 0 Å². The van der Waals surface area contributed by atoms with E-state index in [0.29, 0.717) is 0 Å². The van der Waals surface area contributed by atoms with E-state index >= 15 is 0 Å². The first-order chi connectivity index (χ1) is 5.63. The van der Waals surface area contributed by atoms with Gasteiger partial charge in [0, 0.05) is 11.9 Å². The number of hydrogen-bond acceptors (Lipinski definition) is 8. The zero-order valence-electron chi connectivity index (χ0n) is 11.8. The normalized spacial score (nSPS) is 6.05. The van der Waals surface area contributed by atoms with Crippen LogP contribution in [0.1, 0.15) is 12.8 Å². The number of phosphoric acid groups is 1. The number of rotatable bonds is 3. The molecule has 17 heteroatoms. The van der Waals surface area contributed by atoms with Crippen LogP contribution in [0.4, 0.5) is 0 Å². The molecular formula is C4H4Ca8O8P+11. The average molecular weight is 532 g/mol. The second kappa shape index (κ2) is 43.1. The van der Waals surface area contributed by atoms with Crippen LogP contribution in [0.25, 0.3) is 0 Å². The third-order valence-corrected chi connectivity index (χ3v) is 0.533. The van der Waals surface area contributed by atoms with Gasteiger partial charge in [-0.3, -0.25) is 0 Å². The molecule has 0 aromatic rings. The second-order valence-corrected chi connectivity index (χ2v) is 2.59. The maximum absolute atomic E-state index is 9.50. The molecule has 0 radical (unpaired) electrons. The molecule has 0 bridgehead atoms. The largest absolute Gasteiger partial charge is 2.00 e. The van der Waals surface area contributed by atoms with Crippen LogP contribution in [0.15, 0.2) is 0 Å². The van der Waals surface area contributed by atoms with Gasteiger partial charge < -0.3 is 39.0 Å². The molecular weight excluding hydrogens is 528 g/mol. The summed E-state index contributed by atoms with van der Waals surface area (Å²) in [5, 5.41) is 19.0. The van der Waals surface area contributed by atoms with Crippen molar-refractivity contribution in [1.29, 1.82) is 0 Å². The van der Waals surface area contributed by atoms with Gasteiger partial charge in [0.1, 0.15) is 0 Å². The molecule has 0 saturated heterocycles. The number of carbonyl (C=O) groups excluding carboxylic acids is 2. The van der Waals surface area contributed by atoms with Gasteiger partial charge in [-0.1, -0.05) is 0 Å². The molecule has 0 amide bonds. The number of carbonyl (C=O) groups is 2. The third kappa shape index (κ3) is 107. The van der Waals surface area contributed by atoms with E-state index in [1.54, 1.807) is 0 Å². The molecule has 0 aliphatic rings. The molecule has 0 aliphatic heterocycles. The van der Waals surface area contributed by atoms with E-state index in [0.717, 1.165) is 0 Å². The summed E-state index contributed by atoms with van der Waals surface area (Å²) in [6.07, 6.45) is -0.940. The summed E-state index contributed by atoms with van der Waals surface area (Å²) in [6, 6.07) is 0. The Kier molecular flexibility index (Phi) is 129. The quantitative estimate of drug-likeness (QED) is 0.256. The Morgan fingerprint density at radius 1 is 0.619 bits per heavy atom. The van der Waals surface area contributed by atoms with Gasteiger partial charge in [0.25, 0.3) is 0 Å². The summed E-state index contributed by atoms with van der Waals surface area (Å²) in [6.45, 7) is 0. The van der Waals surface area contributed by atoms with E-state index in [1.807, 2.05) is 0 Å². The molecule has 0 unspecified atom stereocenters. The molecule has 21 heavy (non-hydrogen) atoms. The monoisotopic (exact) mass is 531 g/mol. The molecule has 0 aliphatic carbocycles. The van der Waals surface area contributed by atoms with E-state index in [2.05, 4.69) is 0 Å². The van der Waals surface area contributed by atoms with Crippen LogP contribution in [0.3, 0.4) is 0 Å². The maximum atomic E-state index is 9.50. The first kappa shape index (κ1) is 63.1. The molecule has 0 aromatic heterocycles. The second-order valence-electron chi connectivity index (χ2n) is 1.69. The molecule has 8 nitrogen and oxygen atoms in total. The minimum Gasteiger partial charge on any atom is -0.822 e. The maximum Gasteiger partial charge on any atom is 2.00 e. The Balaban J connectivity index is -0.0000000108. The molecule has 0 spiro atoms. The molecule has 0 fully saturated rings. The zero-order valence-corrected chi connectivity index (χ0v) is 30.3. The van der Waals surface area contributed by atoms with Crippen LogP contribution in [0.2, 0.25) is 0 Å². The minimum absolute atomic E-state index is 0. The first-order valence-electron chi connectivity index (χ1n) is 2.75. The zero-order chi connectivity index (χ0) is 11.1. The van der Waals surface area contributed by atoms with Gasteiger partial charge in [0.15, 0.2) is 0 Å². The van der Waals surface area contributed by atoms with E-state index in [1.165, 1.54) is 0 Å². The minimum atomic E-state index is -5.39. The van der Waals surface area contributed by atoms with Crippen LogP contribution in [0, 0.1) is 0 Å². The fourth-order valence-corrected chi connectivity index (χ4v) is 0.204. The van der Waals surface area contributed by atoms with Crippen molar-refractivity contribution in [3.63, 3.8) is 0 Å². The van der Waals surface area contributed by atoms with Crippen molar-refractivity contribution in [3.05, 3.63) is 0 Å². The fourth-order valence-electron chi connectivity index (χ4n) is 0.204. The van der Waals surface area contributed by atoms with Gasteiger partial charge in [-0.15, -0.1) is 0 Å². The summed E-state index contributed by atoms with van der Waals surface area (Å²) in [7, 11) is -5.39. The van der Waals surface area contributed by atoms with E-state index in [9.17, 15) is 19.8 Å². The van der Waals surface area contributed by atoms with Gasteiger partial charge in [0.2, 0.25) is 0 Å². The van der Waals surface area contributed by atoms with E-state index < -0.39 is 32.6 Å². The van der Waals surface area contributed by atoms with Gasteiger partial charge in [-0.2, -0.15) is 7.82 Å². The molecule has 0 N–H and O–H groups in total. The number of carboxylic acids is 2. The average Bonchev–Trinajstić information content (AvgIpc) is 1.79. The molecule has 0 aromatic carbocycles. The van der Waals surface area contributed by atoms with Gasteiger partial charge in [-0.05, 0) is 12.8 Å². The van der Waals surface area contributed by atoms with E-state index in [4.69, 9.17) is 19.2 Å². The summed E-state index contributed by atoms with van der Waals surface area (Å²) in [5.74, 6) is -2.73. The van der Waals surface area contributed by atoms with Gasteiger partial charge in [-0.25, -0.2) is 0 Å². The molecule has 0 heterocycles. The topological polar surface area (TPSA) is 167 Å². The van der Waals surface area contributed by atoms with Crippen LogP contribution >= 0.6 is 7.82 Å². The van der Waals surface area contributed by atoms with Crippen molar-refractivity contribution < 1.29 is 39.0 Å². The van der Waals surface area contributed by atoms with Crippen LogP contribution < -0.4 is 24.9 Å². The summed E-state index contributed by atoms with van der Waals surface area (Å²) >= 11 is 0. The Morgan fingerprint density at radius 3 is 0.762 bits per heavy atom. The Hall–Kier alpha value is 9.13. The Labute approximate surface area is 362 Å². The van der Waals surface area contributed by atoms with Crippen molar-refractivity contribution in [3.8, 4) is 0 Å². The van der Waals surface area contributed by atoms with Crippen LogP contribution in [-0.4, -0.2) is 314 Å². The standard InChI is InChI=1S/C4H6O4.8Ca.H3O4P/c5-3(6)1-2-4(7)8;;;;;;;;;1-5(2,3)4/h1-2H2,(H,5,6)(H,7,8);;;;;;;;;(H3,1,2,3,4)/q;8*+2;/p-5. The number of hydrogen-bond donors (Lipinski definition) is 0. The smallest absolute Gasteiger partial charge is 0.822 e. The van der Waals surface area contributed by atoms with E-state index in [-0.39, 0.29) is 302 Å². The van der Waals surface area contributed by atoms with Crippen molar-refractivity contribution in [2.24, 2.45) is 0 Å². The number of carboxylic acid groups (broad SMARTS) is 2. The molecule has 0 rings (SSSR count). The van der Waals surface area contributed by atoms with Crippen molar-refractivity contribution in [2.45, 2.75) is 12.8 Å². The number of aliphatic carboxylic acids is 2. The van der Waals surface area contributed by atoms with Gasteiger partial charge >= 0.3 is 302 Å². The molecule has 0 saturated carbocycles. The summed E-state index contributed by atoms with van der Waals surface area (Å²) in [5.41, 5.74) is 0. The third-order valence-electron chi connectivity index (χ3n) is 0.533. The van der Waals surface area contributed by atoms with Crippen molar-refractivity contribution in [1.82, 2.24) is 0 Å². The SMILES string of the molecule is O=C([O-])CCC(=O)[O-].O=P([O-])([O-])[O-].[Ca+2].[Ca+2].[Ca+2].[Ca+2].[Ca+2].[Ca+2].[Ca+2].[Ca+2]. The first-order valence-corrected chi connectivity index (χ1v) is 4.21. The molecule has 78 valence electrons. The predicted molar refractivity (Wildman–Crippen MR) is 72.9 cm³/mol. The predicted octanol–water partition coefficient (Wildman–Crippen LogP) is -8.60. The van der Waals surface area contributed by atoms with Crippen molar-refractivity contribution >= 4 is 322 Å². The summed E-state index contributed by atoms with van der Waals surface area (Å²) < 4.78 is 8.55.